The molecule has 0 spiro atoms. The highest BCUT2D eigenvalue weighted by molar-refractivity contribution is 5.68. The van der Waals surface area contributed by atoms with Crippen LogP contribution >= 0.6 is 0 Å². The Bertz CT molecular complexity index is 631. The van der Waals surface area contributed by atoms with Crippen molar-refractivity contribution in [2.45, 2.75) is 38.3 Å². The second-order valence-corrected chi connectivity index (χ2v) is 6.57. The third-order valence-electron chi connectivity index (χ3n) is 3.94. The molecule has 6 heteroatoms. The molecule has 0 amide bonds. The molecule has 3 heterocycles. The largest absolute Gasteiger partial charge is 0.378 e. The zero-order valence-electron chi connectivity index (χ0n) is 13.1. The fraction of sp³-hybridized carbons (Fsp3) is 0.600. The predicted octanol–water partition coefficient (Wildman–Crippen LogP) is 1.43. The molecule has 0 aliphatic carbocycles. The third kappa shape index (κ3) is 2.73. The summed E-state index contributed by atoms with van der Waals surface area (Å²) < 4.78 is 7.38. The molecule has 2 aromatic heterocycles. The minimum absolute atomic E-state index is 0.0211. The summed E-state index contributed by atoms with van der Waals surface area (Å²) in [5.74, 6) is 0.858. The van der Waals surface area contributed by atoms with E-state index >= 15 is 0 Å². The van der Waals surface area contributed by atoms with Crippen LogP contribution in [0.3, 0.4) is 0 Å². The summed E-state index contributed by atoms with van der Waals surface area (Å²) in [5, 5.41) is 11.5. The van der Waals surface area contributed by atoms with Gasteiger partial charge in [-0.1, -0.05) is 20.8 Å². The molecule has 2 atom stereocenters. The Morgan fingerprint density at radius 1 is 1.38 bits per heavy atom. The predicted molar refractivity (Wildman–Crippen MR) is 82.8 cm³/mol. The van der Waals surface area contributed by atoms with Crippen molar-refractivity contribution in [1.82, 2.24) is 19.9 Å². The van der Waals surface area contributed by atoms with E-state index in [4.69, 9.17) is 4.74 Å². The van der Waals surface area contributed by atoms with Gasteiger partial charge in [0.2, 0.25) is 0 Å². The first kappa shape index (κ1) is 14.3. The number of aromatic nitrogens is 3. The Labute approximate surface area is 124 Å². The van der Waals surface area contributed by atoms with Gasteiger partial charge < -0.3 is 15.4 Å². The standard InChI is InChI=1S/C15H23N5O/c1-15(2,3)13-7-11-14(17-5-6-20(11)19-13)18-10-8-16-9-12(10)21-4/h5-7,10,12,16H,8-9H2,1-4H3,(H,17,18)/t10?,12-/m0/s1. The van der Waals surface area contributed by atoms with E-state index in [1.165, 1.54) is 0 Å². The maximum Gasteiger partial charge on any atom is 0.152 e. The topological polar surface area (TPSA) is 63.5 Å². The van der Waals surface area contributed by atoms with Crippen molar-refractivity contribution >= 4 is 11.3 Å². The van der Waals surface area contributed by atoms with E-state index in [-0.39, 0.29) is 17.6 Å². The number of methoxy groups -OCH3 is 1. The summed E-state index contributed by atoms with van der Waals surface area (Å²) in [4.78, 5) is 4.48. The van der Waals surface area contributed by atoms with Crippen molar-refractivity contribution in [2.75, 3.05) is 25.5 Å². The first-order valence-electron chi connectivity index (χ1n) is 7.34. The Morgan fingerprint density at radius 3 is 2.90 bits per heavy atom. The quantitative estimate of drug-likeness (QED) is 0.895. The van der Waals surface area contributed by atoms with Gasteiger partial charge in [0.25, 0.3) is 0 Å². The van der Waals surface area contributed by atoms with Crippen molar-refractivity contribution in [3.63, 3.8) is 0 Å². The maximum absolute atomic E-state index is 5.49. The minimum Gasteiger partial charge on any atom is -0.378 e. The zero-order chi connectivity index (χ0) is 15.0. The Kier molecular flexibility index (Phi) is 3.59. The number of rotatable bonds is 3. The van der Waals surface area contributed by atoms with Crippen molar-refractivity contribution in [3.05, 3.63) is 24.2 Å². The summed E-state index contributed by atoms with van der Waals surface area (Å²) in [5.41, 5.74) is 2.09. The molecule has 1 unspecified atom stereocenters. The molecule has 114 valence electrons. The molecular formula is C15H23N5O. The van der Waals surface area contributed by atoms with Gasteiger partial charge in [-0.2, -0.15) is 5.10 Å². The number of nitrogens with zero attached hydrogens (tertiary/aromatic N) is 3. The van der Waals surface area contributed by atoms with Crippen LogP contribution in [0.4, 0.5) is 5.82 Å². The maximum atomic E-state index is 5.49. The van der Waals surface area contributed by atoms with Crippen LogP contribution in [0.15, 0.2) is 18.5 Å². The minimum atomic E-state index is 0.0211. The molecule has 0 saturated carbocycles. The van der Waals surface area contributed by atoms with E-state index < -0.39 is 0 Å². The average Bonchev–Trinajstić information content (AvgIpc) is 3.04. The lowest BCUT2D eigenvalue weighted by Crippen LogP contribution is -2.34. The molecule has 0 aromatic carbocycles. The molecule has 1 aliphatic rings. The lowest BCUT2D eigenvalue weighted by Gasteiger charge is -2.19. The zero-order valence-corrected chi connectivity index (χ0v) is 13.1. The van der Waals surface area contributed by atoms with Gasteiger partial charge in [0, 0.05) is 38.0 Å². The summed E-state index contributed by atoms with van der Waals surface area (Å²) in [6, 6.07) is 2.33. The van der Waals surface area contributed by atoms with Crippen molar-refractivity contribution in [1.29, 1.82) is 0 Å². The van der Waals surface area contributed by atoms with Gasteiger partial charge in [-0.15, -0.1) is 0 Å². The van der Waals surface area contributed by atoms with Crippen LogP contribution in [-0.4, -0.2) is 46.9 Å². The van der Waals surface area contributed by atoms with E-state index in [0.29, 0.717) is 0 Å². The Morgan fingerprint density at radius 2 is 2.19 bits per heavy atom. The molecule has 1 fully saturated rings. The molecule has 0 radical (unpaired) electrons. The van der Waals surface area contributed by atoms with Crippen LogP contribution in [0.5, 0.6) is 0 Å². The van der Waals surface area contributed by atoms with Crippen LogP contribution in [0.2, 0.25) is 0 Å². The first-order chi connectivity index (χ1) is 9.99. The Hall–Kier alpha value is -1.66. The summed E-state index contributed by atoms with van der Waals surface area (Å²) in [6.07, 6.45) is 3.83. The summed E-state index contributed by atoms with van der Waals surface area (Å²) in [6.45, 7) is 8.23. The highest BCUT2D eigenvalue weighted by Crippen LogP contribution is 2.25. The molecule has 1 saturated heterocycles. The number of ether oxygens (including phenoxy) is 1. The number of anilines is 1. The van der Waals surface area contributed by atoms with Gasteiger partial charge in [0.05, 0.1) is 17.8 Å². The van der Waals surface area contributed by atoms with Gasteiger partial charge in [-0.05, 0) is 6.07 Å². The molecule has 3 rings (SSSR count). The van der Waals surface area contributed by atoms with E-state index in [0.717, 1.165) is 30.1 Å². The van der Waals surface area contributed by atoms with E-state index in [2.05, 4.69) is 47.6 Å². The van der Waals surface area contributed by atoms with E-state index in [1.54, 1.807) is 13.3 Å². The molecule has 2 N–H and O–H groups in total. The van der Waals surface area contributed by atoms with Gasteiger partial charge in [-0.25, -0.2) is 9.50 Å². The smallest absolute Gasteiger partial charge is 0.152 e. The second kappa shape index (κ2) is 5.27. The van der Waals surface area contributed by atoms with Gasteiger partial charge in [0.15, 0.2) is 5.82 Å². The van der Waals surface area contributed by atoms with Crippen LogP contribution < -0.4 is 10.6 Å². The van der Waals surface area contributed by atoms with Gasteiger partial charge in [-0.3, -0.25) is 0 Å². The molecule has 21 heavy (non-hydrogen) atoms. The van der Waals surface area contributed by atoms with Gasteiger partial charge in [0.1, 0.15) is 5.52 Å². The third-order valence-corrected chi connectivity index (χ3v) is 3.94. The van der Waals surface area contributed by atoms with Gasteiger partial charge >= 0.3 is 0 Å². The number of nitrogens with one attached hydrogen (secondary N) is 2. The highest BCUT2D eigenvalue weighted by Gasteiger charge is 2.28. The van der Waals surface area contributed by atoms with Crippen LogP contribution in [-0.2, 0) is 10.2 Å². The fourth-order valence-electron chi connectivity index (χ4n) is 2.62. The lowest BCUT2D eigenvalue weighted by molar-refractivity contribution is 0.111. The van der Waals surface area contributed by atoms with Crippen LogP contribution in [0, 0.1) is 0 Å². The van der Waals surface area contributed by atoms with E-state index in [1.807, 2.05) is 10.7 Å². The average molecular weight is 289 g/mol. The molecule has 2 aromatic rings. The second-order valence-electron chi connectivity index (χ2n) is 6.57. The number of fused-ring (bicyclic) bond motifs is 1. The molecule has 6 nitrogen and oxygen atoms in total. The Balaban J connectivity index is 1.93. The summed E-state index contributed by atoms with van der Waals surface area (Å²) >= 11 is 0. The summed E-state index contributed by atoms with van der Waals surface area (Å²) in [7, 11) is 1.75. The van der Waals surface area contributed by atoms with Crippen LogP contribution in [0.1, 0.15) is 26.5 Å². The van der Waals surface area contributed by atoms with Crippen molar-refractivity contribution in [3.8, 4) is 0 Å². The molecule has 0 bridgehead atoms. The lowest BCUT2D eigenvalue weighted by atomic mass is 9.92. The first-order valence-corrected chi connectivity index (χ1v) is 7.34. The monoisotopic (exact) mass is 289 g/mol. The SMILES string of the molecule is CO[C@H]1CNCC1Nc1nccn2nc(C(C)(C)C)cc12. The van der Waals surface area contributed by atoms with Crippen LogP contribution in [0.25, 0.3) is 5.52 Å². The molecular weight excluding hydrogens is 266 g/mol. The fourth-order valence-corrected chi connectivity index (χ4v) is 2.62. The molecule has 1 aliphatic heterocycles. The highest BCUT2D eigenvalue weighted by atomic mass is 16.5. The van der Waals surface area contributed by atoms with Crippen molar-refractivity contribution < 1.29 is 4.74 Å². The number of hydrogen-bond acceptors (Lipinski definition) is 5. The van der Waals surface area contributed by atoms with Crippen molar-refractivity contribution in [2.24, 2.45) is 0 Å². The van der Waals surface area contributed by atoms with E-state index in [9.17, 15) is 0 Å². The normalized spacial score (nSPS) is 22.9. The number of hydrogen-bond donors (Lipinski definition) is 2.